The zero-order chi connectivity index (χ0) is 21.3. The van der Waals surface area contributed by atoms with Crippen molar-refractivity contribution >= 4 is 23.3 Å². The zero-order valence-corrected chi connectivity index (χ0v) is 16.7. The SMILES string of the molecule is C[C@@H](Oc1ccc(C#N)cc1)C(=O)OCC(=O)Nc1ccc(N2CCOCC2)cc1. The van der Waals surface area contributed by atoms with Crippen LogP contribution in [0.5, 0.6) is 5.75 Å². The van der Waals surface area contributed by atoms with E-state index in [2.05, 4.69) is 10.2 Å². The molecule has 1 amide bonds. The molecule has 1 heterocycles. The second-order valence-electron chi connectivity index (χ2n) is 6.70. The van der Waals surface area contributed by atoms with Gasteiger partial charge in [-0.1, -0.05) is 0 Å². The standard InChI is InChI=1S/C22H23N3O5/c1-16(30-20-8-2-17(14-23)3-9-20)22(27)29-15-21(26)24-18-4-6-19(7-5-18)25-10-12-28-13-11-25/h2-9,16H,10-13,15H2,1H3,(H,24,26)/t16-/m1/s1. The summed E-state index contributed by atoms with van der Waals surface area (Å²) in [7, 11) is 0. The van der Waals surface area contributed by atoms with Gasteiger partial charge in [0.05, 0.1) is 24.8 Å². The Kier molecular flexibility index (Phi) is 7.24. The van der Waals surface area contributed by atoms with Crippen LogP contribution in [0.4, 0.5) is 11.4 Å². The van der Waals surface area contributed by atoms with Crippen LogP contribution in [-0.4, -0.2) is 50.9 Å². The van der Waals surface area contributed by atoms with E-state index in [1.54, 1.807) is 36.4 Å². The van der Waals surface area contributed by atoms with E-state index in [0.29, 0.717) is 30.2 Å². The normalized spacial score (nSPS) is 14.3. The number of hydrogen-bond acceptors (Lipinski definition) is 7. The summed E-state index contributed by atoms with van der Waals surface area (Å²) < 4.78 is 15.8. The summed E-state index contributed by atoms with van der Waals surface area (Å²) in [5.74, 6) is -0.659. The molecule has 0 aromatic heterocycles. The molecule has 1 atom stereocenters. The second-order valence-corrected chi connectivity index (χ2v) is 6.70. The predicted octanol–water partition coefficient (Wildman–Crippen LogP) is 2.34. The van der Waals surface area contributed by atoms with E-state index in [4.69, 9.17) is 19.5 Å². The van der Waals surface area contributed by atoms with Gasteiger partial charge in [-0.25, -0.2) is 4.79 Å². The van der Waals surface area contributed by atoms with Gasteiger partial charge in [-0.15, -0.1) is 0 Å². The fourth-order valence-electron chi connectivity index (χ4n) is 2.89. The molecule has 0 bridgehead atoms. The molecule has 0 saturated carbocycles. The predicted molar refractivity (Wildman–Crippen MR) is 110 cm³/mol. The van der Waals surface area contributed by atoms with E-state index < -0.39 is 24.6 Å². The highest BCUT2D eigenvalue weighted by atomic mass is 16.6. The van der Waals surface area contributed by atoms with Crippen molar-refractivity contribution in [3.63, 3.8) is 0 Å². The number of esters is 1. The first-order chi connectivity index (χ1) is 14.5. The van der Waals surface area contributed by atoms with Crippen molar-refractivity contribution < 1.29 is 23.8 Å². The van der Waals surface area contributed by atoms with Gasteiger partial charge >= 0.3 is 5.97 Å². The molecule has 1 fully saturated rings. The molecule has 0 unspecified atom stereocenters. The van der Waals surface area contributed by atoms with Gasteiger partial charge in [0.1, 0.15) is 5.75 Å². The van der Waals surface area contributed by atoms with Crippen LogP contribution in [0.15, 0.2) is 48.5 Å². The van der Waals surface area contributed by atoms with E-state index in [1.807, 2.05) is 18.2 Å². The molecule has 0 radical (unpaired) electrons. The first-order valence-electron chi connectivity index (χ1n) is 9.61. The number of carbonyl (C=O) groups excluding carboxylic acids is 2. The Balaban J connectivity index is 1.43. The van der Waals surface area contributed by atoms with Gasteiger partial charge in [-0.2, -0.15) is 5.26 Å². The number of anilines is 2. The summed E-state index contributed by atoms with van der Waals surface area (Å²) in [5, 5.41) is 11.5. The third-order valence-corrected chi connectivity index (χ3v) is 4.50. The third kappa shape index (κ3) is 5.96. The summed E-state index contributed by atoms with van der Waals surface area (Å²) in [6.45, 7) is 4.21. The molecule has 156 valence electrons. The topological polar surface area (TPSA) is 101 Å². The highest BCUT2D eigenvalue weighted by Crippen LogP contribution is 2.19. The first kappa shape index (κ1) is 21.1. The third-order valence-electron chi connectivity index (χ3n) is 4.50. The highest BCUT2D eigenvalue weighted by Gasteiger charge is 2.18. The van der Waals surface area contributed by atoms with E-state index >= 15 is 0 Å². The average Bonchev–Trinajstić information content (AvgIpc) is 2.79. The van der Waals surface area contributed by atoms with Gasteiger partial charge in [-0.3, -0.25) is 4.79 Å². The number of benzene rings is 2. The van der Waals surface area contributed by atoms with Crippen LogP contribution in [-0.2, 0) is 19.1 Å². The van der Waals surface area contributed by atoms with Crippen LogP contribution >= 0.6 is 0 Å². The molecule has 2 aromatic rings. The molecular formula is C22H23N3O5. The number of nitrogens with zero attached hydrogens (tertiary/aromatic N) is 2. The Morgan fingerprint density at radius 3 is 2.43 bits per heavy atom. The molecule has 1 aliphatic rings. The van der Waals surface area contributed by atoms with Gasteiger partial charge in [0.15, 0.2) is 12.7 Å². The van der Waals surface area contributed by atoms with E-state index in [0.717, 1.165) is 18.8 Å². The minimum absolute atomic E-state index is 0.412. The summed E-state index contributed by atoms with van der Waals surface area (Å²) in [6.07, 6.45) is -0.890. The van der Waals surface area contributed by atoms with Crippen molar-refractivity contribution in [3.8, 4) is 11.8 Å². The lowest BCUT2D eigenvalue weighted by molar-refractivity contribution is -0.153. The number of nitrogens with one attached hydrogen (secondary N) is 1. The number of morpholine rings is 1. The van der Waals surface area contributed by atoms with Crippen molar-refractivity contribution in [1.82, 2.24) is 0 Å². The lowest BCUT2D eigenvalue weighted by Gasteiger charge is -2.28. The molecular weight excluding hydrogens is 386 g/mol. The van der Waals surface area contributed by atoms with Gasteiger partial charge in [-0.05, 0) is 55.5 Å². The van der Waals surface area contributed by atoms with Crippen LogP contribution in [0, 0.1) is 11.3 Å². The van der Waals surface area contributed by atoms with Crippen molar-refractivity contribution in [2.45, 2.75) is 13.0 Å². The Hall–Kier alpha value is -3.57. The number of carbonyl (C=O) groups is 2. The number of rotatable bonds is 7. The molecule has 0 spiro atoms. The quantitative estimate of drug-likeness (QED) is 0.701. The second kappa shape index (κ2) is 10.3. The van der Waals surface area contributed by atoms with Gasteiger partial charge in [0.25, 0.3) is 5.91 Å². The van der Waals surface area contributed by atoms with E-state index in [1.165, 1.54) is 6.92 Å². The molecule has 8 heteroatoms. The Morgan fingerprint density at radius 1 is 1.13 bits per heavy atom. The monoisotopic (exact) mass is 409 g/mol. The fraction of sp³-hybridized carbons (Fsp3) is 0.318. The van der Waals surface area contributed by atoms with Crippen LogP contribution in [0.2, 0.25) is 0 Å². The molecule has 3 rings (SSSR count). The van der Waals surface area contributed by atoms with Crippen molar-refractivity contribution in [2.24, 2.45) is 0 Å². The van der Waals surface area contributed by atoms with Crippen LogP contribution < -0.4 is 15.0 Å². The number of amides is 1. The van der Waals surface area contributed by atoms with Crippen molar-refractivity contribution in [3.05, 3.63) is 54.1 Å². The molecule has 1 saturated heterocycles. The Labute approximate surface area is 174 Å². The lowest BCUT2D eigenvalue weighted by Crippen LogP contribution is -2.36. The summed E-state index contributed by atoms with van der Waals surface area (Å²) in [6, 6.07) is 15.8. The highest BCUT2D eigenvalue weighted by molar-refractivity contribution is 5.93. The van der Waals surface area contributed by atoms with Crippen molar-refractivity contribution in [2.75, 3.05) is 43.1 Å². The van der Waals surface area contributed by atoms with Crippen LogP contribution in [0.3, 0.4) is 0 Å². The smallest absolute Gasteiger partial charge is 0.347 e. The molecule has 30 heavy (non-hydrogen) atoms. The maximum atomic E-state index is 12.1. The Morgan fingerprint density at radius 2 is 1.80 bits per heavy atom. The number of nitriles is 1. The largest absolute Gasteiger partial charge is 0.479 e. The first-order valence-corrected chi connectivity index (χ1v) is 9.61. The summed E-state index contributed by atoms with van der Waals surface area (Å²) >= 11 is 0. The van der Waals surface area contributed by atoms with Crippen LogP contribution in [0.1, 0.15) is 12.5 Å². The summed E-state index contributed by atoms with van der Waals surface area (Å²) in [4.78, 5) is 26.3. The van der Waals surface area contributed by atoms with Gasteiger partial charge in [0, 0.05) is 24.5 Å². The molecule has 2 aromatic carbocycles. The van der Waals surface area contributed by atoms with Gasteiger partial charge < -0.3 is 24.4 Å². The minimum Gasteiger partial charge on any atom is -0.479 e. The number of hydrogen-bond donors (Lipinski definition) is 1. The van der Waals surface area contributed by atoms with Gasteiger partial charge in [0.2, 0.25) is 0 Å². The molecule has 0 aliphatic carbocycles. The average molecular weight is 409 g/mol. The Bertz CT molecular complexity index is 900. The maximum Gasteiger partial charge on any atom is 0.347 e. The fourth-order valence-corrected chi connectivity index (χ4v) is 2.89. The molecule has 1 N–H and O–H groups in total. The number of ether oxygens (including phenoxy) is 3. The molecule has 8 nitrogen and oxygen atoms in total. The minimum atomic E-state index is -0.890. The van der Waals surface area contributed by atoms with Crippen LogP contribution in [0.25, 0.3) is 0 Å². The molecule has 1 aliphatic heterocycles. The van der Waals surface area contributed by atoms with E-state index in [9.17, 15) is 9.59 Å². The van der Waals surface area contributed by atoms with Crippen molar-refractivity contribution in [1.29, 1.82) is 5.26 Å². The maximum absolute atomic E-state index is 12.1. The lowest BCUT2D eigenvalue weighted by atomic mass is 10.2. The van der Waals surface area contributed by atoms with E-state index in [-0.39, 0.29) is 0 Å². The summed E-state index contributed by atoms with van der Waals surface area (Å²) in [5.41, 5.74) is 2.18. The zero-order valence-electron chi connectivity index (χ0n) is 16.7.